The number of phenolic OH excluding ortho intramolecular Hbond substituents is 1. The summed E-state index contributed by atoms with van der Waals surface area (Å²) in [7, 11) is 1.96. The van der Waals surface area contributed by atoms with Crippen molar-refractivity contribution in [2.45, 2.75) is 55.8 Å². The zero-order chi connectivity index (χ0) is 18.2. The predicted octanol–water partition coefficient (Wildman–Crippen LogP) is 0.880. The van der Waals surface area contributed by atoms with Crippen molar-refractivity contribution in [2.75, 3.05) is 20.2 Å². The van der Waals surface area contributed by atoms with Gasteiger partial charge < -0.3 is 25.0 Å². The molecule has 4 unspecified atom stereocenters. The maximum atomic E-state index is 13.0. The van der Waals surface area contributed by atoms with Crippen LogP contribution in [-0.4, -0.2) is 63.4 Å². The van der Waals surface area contributed by atoms with Crippen LogP contribution in [0.25, 0.3) is 0 Å². The minimum atomic E-state index is -1.54. The van der Waals surface area contributed by atoms with Gasteiger partial charge in [0.1, 0.15) is 0 Å². The number of likely N-dealkylation sites (N-methyl/N-ethyl adjacent to an activating group) is 1. The number of rotatable bonds is 1. The highest BCUT2D eigenvalue weighted by atomic mass is 16.5. The number of piperidine rings is 1. The molecule has 2 fully saturated rings. The van der Waals surface area contributed by atoms with E-state index in [0.717, 1.165) is 5.56 Å². The van der Waals surface area contributed by atoms with Gasteiger partial charge in [0.05, 0.1) is 17.6 Å². The molecule has 1 spiro atoms. The molecular formula is C19H25NO5. The van der Waals surface area contributed by atoms with Crippen LogP contribution in [0.3, 0.4) is 0 Å². The van der Waals surface area contributed by atoms with E-state index in [4.69, 9.17) is 4.74 Å². The average molecular weight is 347 g/mol. The van der Waals surface area contributed by atoms with E-state index >= 15 is 0 Å². The smallest absolute Gasteiger partial charge is 0.202 e. The van der Waals surface area contributed by atoms with Crippen LogP contribution in [0.15, 0.2) is 12.1 Å². The quantitative estimate of drug-likeness (QED) is 0.699. The van der Waals surface area contributed by atoms with Gasteiger partial charge in [-0.2, -0.15) is 0 Å². The molecule has 1 saturated carbocycles. The van der Waals surface area contributed by atoms with Gasteiger partial charge in [-0.25, -0.2) is 0 Å². The van der Waals surface area contributed by atoms with Crippen molar-refractivity contribution in [3.05, 3.63) is 23.3 Å². The van der Waals surface area contributed by atoms with Gasteiger partial charge in [0, 0.05) is 18.0 Å². The molecule has 6 heteroatoms. The summed E-state index contributed by atoms with van der Waals surface area (Å²) < 4.78 is 6.05. The molecule has 0 amide bonds. The Balaban J connectivity index is 2.10. The molecule has 25 heavy (non-hydrogen) atoms. The van der Waals surface area contributed by atoms with Crippen molar-refractivity contribution in [3.63, 3.8) is 0 Å². The normalized spacial score (nSPS) is 40.2. The lowest BCUT2D eigenvalue weighted by Gasteiger charge is -2.62. The fraction of sp³-hybridized carbons (Fsp3) is 0.632. The van der Waals surface area contributed by atoms with Crippen LogP contribution >= 0.6 is 0 Å². The van der Waals surface area contributed by atoms with E-state index in [2.05, 4.69) is 4.90 Å². The second-order valence-electron chi connectivity index (χ2n) is 7.85. The average Bonchev–Trinajstić information content (AvgIpc) is 2.92. The molecule has 0 radical (unpaired) electrons. The van der Waals surface area contributed by atoms with Gasteiger partial charge in [-0.1, -0.05) is 6.07 Å². The summed E-state index contributed by atoms with van der Waals surface area (Å²) in [6, 6.07) is 3.11. The van der Waals surface area contributed by atoms with E-state index in [1.54, 1.807) is 6.07 Å². The Kier molecular flexibility index (Phi) is 3.34. The first-order chi connectivity index (χ1) is 11.7. The van der Waals surface area contributed by atoms with Crippen LogP contribution in [0.1, 0.15) is 37.3 Å². The summed E-state index contributed by atoms with van der Waals surface area (Å²) >= 11 is 0. The molecule has 3 aliphatic rings. The summed E-state index contributed by atoms with van der Waals surface area (Å²) in [5, 5.41) is 32.6. The Labute approximate surface area is 147 Å². The van der Waals surface area contributed by atoms with Gasteiger partial charge in [-0.3, -0.25) is 4.79 Å². The zero-order valence-corrected chi connectivity index (χ0v) is 14.9. The van der Waals surface area contributed by atoms with Crippen molar-refractivity contribution in [3.8, 4) is 11.5 Å². The minimum absolute atomic E-state index is 0.0565. The highest BCUT2D eigenvalue weighted by molar-refractivity contribution is 5.94. The maximum Gasteiger partial charge on any atom is 0.202 e. The Hall–Kier alpha value is -1.63. The van der Waals surface area contributed by atoms with E-state index < -0.39 is 23.2 Å². The van der Waals surface area contributed by atoms with Gasteiger partial charge in [-0.15, -0.1) is 0 Å². The summed E-state index contributed by atoms with van der Waals surface area (Å²) in [6.07, 6.45) is 0.940. The molecule has 4 rings (SSSR count). The number of aromatic hydroxyl groups is 1. The highest BCUT2D eigenvalue weighted by Gasteiger charge is 2.77. The predicted molar refractivity (Wildman–Crippen MR) is 90.9 cm³/mol. The topological polar surface area (TPSA) is 90.2 Å². The first kappa shape index (κ1) is 16.8. The first-order valence-corrected chi connectivity index (χ1v) is 8.84. The first-order valence-electron chi connectivity index (χ1n) is 8.84. The third-order valence-electron chi connectivity index (χ3n) is 7.07. The number of aliphatic hydroxyl groups excluding tert-OH is 1. The molecule has 1 aliphatic carbocycles. The lowest BCUT2D eigenvalue weighted by atomic mass is 9.48. The van der Waals surface area contributed by atoms with Gasteiger partial charge in [-0.05, 0) is 51.9 Å². The van der Waals surface area contributed by atoms with E-state index in [1.807, 2.05) is 20.9 Å². The van der Waals surface area contributed by atoms with Crippen LogP contribution in [0.5, 0.6) is 11.5 Å². The van der Waals surface area contributed by atoms with Crippen LogP contribution in [0.2, 0.25) is 0 Å². The number of ether oxygens (including phenoxy) is 1. The summed E-state index contributed by atoms with van der Waals surface area (Å²) in [4.78, 5) is 15.1. The monoisotopic (exact) mass is 347 g/mol. The largest absolute Gasteiger partial charge is 0.504 e. The number of likely N-dealkylation sites (tertiary alicyclic amines) is 1. The highest BCUT2D eigenvalue weighted by Crippen LogP contribution is 2.65. The van der Waals surface area contributed by atoms with Crippen molar-refractivity contribution in [1.82, 2.24) is 4.90 Å². The maximum absolute atomic E-state index is 13.0. The number of carbonyl (C=O) groups is 1. The molecule has 0 aromatic heterocycles. The Bertz CT molecular complexity index is 764. The molecule has 136 valence electrons. The van der Waals surface area contributed by atoms with Crippen molar-refractivity contribution in [1.29, 1.82) is 0 Å². The summed E-state index contributed by atoms with van der Waals surface area (Å²) in [6.45, 7) is 4.00. The molecule has 0 bridgehead atoms. The molecule has 2 aliphatic heterocycles. The fourth-order valence-corrected chi connectivity index (χ4v) is 5.61. The number of phenols is 1. The number of hydrogen-bond acceptors (Lipinski definition) is 6. The Morgan fingerprint density at radius 3 is 2.76 bits per heavy atom. The second-order valence-corrected chi connectivity index (χ2v) is 7.85. The molecule has 3 N–H and O–H groups in total. The second kappa shape index (κ2) is 4.96. The van der Waals surface area contributed by atoms with Crippen molar-refractivity contribution < 1.29 is 24.9 Å². The third kappa shape index (κ3) is 1.63. The third-order valence-corrected chi connectivity index (χ3v) is 7.07. The standard InChI is InChI=1S/C19H25NO5/c1-11-4-5-13(22)16-15(11)17-8-9-20(3)12(2)18(17,24)7-6-14(23)19(17,10-21)25-16/h4-5,12,21-22,24H,6-10H2,1-3H3. The van der Waals surface area contributed by atoms with Gasteiger partial charge >= 0.3 is 0 Å². The molecule has 1 aromatic rings. The molecule has 1 saturated heterocycles. The molecule has 4 atom stereocenters. The van der Waals surface area contributed by atoms with E-state index in [1.165, 1.54) is 6.07 Å². The summed E-state index contributed by atoms with van der Waals surface area (Å²) in [5.74, 6) is -0.0233. The van der Waals surface area contributed by atoms with Crippen LogP contribution in [0, 0.1) is 6.92 Å². The van der Waals surface area contributed by atoms with Gasteiger partial charge in [0.15, 0.2) is 17.3 Å². The number of nitrogens with zero attached hydrogens (tertiary/aromatic N) is 1. The number of aryl methyl sites for hydroxylation is 1. The van der Waals surface area contributed by atoms with E-state index in [0.29, 0.717) is 24.9 Å². The number of Topliss-reactive ketones (excluding diaryl/α,β-unsaturated/α-hetero) is 1. The molecule has 2 heterocycles. The Morgan fingerprint density at radius 2 is 2.08 bits per heavy atom. The number of hydrogen-bond donors (Lipinski definition) is 3. The van der Waals surface area contributed by atoms with E-state index in [-0.39, 0.29) is 29.7 Å². The fourth-order valence-electron chi connectivity index (χ4n) is 5.61. The molecular weight excluding hydrogens is 322 g/mol. The number of fused-ring (bicyclic) bond motifs is 1. The number of carbonyl (C=O) groups excluding carboxylic acids is 1. The Morgan fingerprint density at radius 1 is 1.36 bits per heavy atom. The van der Waals surface area contributed by atoms with Crippen LogP contribution in [0.4, 0.5) is 0 Å². The van der Waals surface area contributed by atoms with Gasteiger partial charge in [0.25, 0.3) is 0 Å². The number of benzene rings is 1. The van der Waals surface area contributed by atoms with Crippen molar-refractivity contribution in [2.24, 2.45) is 0 Å². The number of aliphatic hydroxyl groups is 2. The number of ketones is 1. The van der Waals surface area contributed by atoms with E-state index in [9.17, 15) is 20.1 Å². The van der Waals surface area contributed by atoms with Crippen LogP contribution < -0.4 is 4.74 Å². The molecule has 6 nitrogen and oxygen atoms in total. The lowest BCUT2D eigenvalue weighted by Crippen LogP contribution is -2.79. The SMILES string of the molecule is Cc1ccc(O)c2c1C13CCN(C)C(C)C1(O)CCC(=O)C3(CO)O2. The van der Waals surface area contributed by atoms with Crippen LogP contribution in [-0.2, 0) is 10.2 Å². The minimum Gasteiger partial charge on any atom is -0.504 e. The van der Waals surface area contributed by atoms with Gasteiger partial charge in [0.2, 0.25) is 5.60 Å². The summed E-state index contributed by atoms with van der Waals surface area (Å²) in [5.41, 5.74) is -2.30. The lowest BCUT2D eigenvalue weighted by molar-refractivity contribution is -0.210. The molecule has 1 aromatic carbocycles. The zero-order valence-electron chi connectivity index (χ0n) is 14.9. The van der Waals surface area contributed by atoms with Crippen molar-refractivity contribution >= 4 is 5.78 Å².